The van der Waals surface area contributed by atoms with Gasteiger partial charge in [0.1, 0.15) is 0 Å². The molecule has 0 saturated heterocycles. The van der Waals surface area contributed by atoms with E-state index in [4.69, 9.17) is 13.9 Å². The van der Waals surface area contributed by atoms with Crippen molar-refractivity contribution in [2.45, 2.75) is 19.8 Å². The van der Waals surface area contributed by atoms with Gasteiger partial charge in [0.05, 0.1) is 6.42 Å². The Morgan fingerprint density at radius 1 is 1.04 bits per heavy atom. The van der Waals surface area contributed by atoms with Crippen LogP contribution in [0.4, 0.5) is 0 Å². The minimum Gasteiger partial charge on any atom is -0.454 e. The molecule has 1 amide bonds. The molecule has 1 aliphatic rings. The lowest BCUT2D eigenvalue weighted by Gasteiger charge is -2.03. The zero-order valence-electron chi connectivity index (χ0n) is 14.9. The topological polar surface area (TPSA) is 86.5 Å². The number of amides is 1. The van der Waals surface area contributed by atoms with E-state index in [1.807, 2.05) is 25.1 Å². The van der Waals surface area contributed by atoms with Gasteiger partial charge in [0.15, 0.2) is 11.5 Å². The number of hydrogen-bond acceptors (Lipinski definition) is 6. The zero-order chi connectivity index (χ0) is 18.6. The molecule has 0 aliphatic carbocycles. The van der Waals surface area contributed by atoms with Crippen molar-refractivity contribution in [3.63, 3.8) is 0 Å². The maximum atomic E-state index is 12.2. The zero-order valence-corrected chi connectivity index (χ0v) is 14.9. The molecule has 0 spiro atoms. The lowest BCUT2D eigenvalue weighted by Crippen LogP contribution is -2.26. The first-order valence-electron chi connectivity index (χ1n) is 8.72. The average molecular weight is 365 g/mol. The summed E-state index contributed by atoms with van der Waals surface area (Å²) in [6.45, 7) is 2.77. The molecule has 1 N–H and O–H groups in total. The number of nitrogens with zero attached hydrogens (tertiary/aromatic N) is 2. The monoisotopic (exact) mass is 365 g/mol. The number of carbonyl (C=O) groups excluding carboxylic acids is 1. The predicted molar refractivity (Wildman–Crippen MR) is 96.9 cm³/mol. The minimum absolute atomic E-state index is 0.0327. The van der Waals surface area contributed by atoms with Crippen molar-refractivity contribution in [2.24, 2.45) is 0 Å². The summed E-state index contributed by atoms with van der Waals surface area (Å²) in [6.07, 6.45) is 1.16. The van der Waals surface area contributed by atoms with Crippen molar-refractivity contribution in [3.8, 4) is 11.5 Å². The smallest absolute Gasteiger partial charge is 0.308 e. The van der Waals surface area contributed by atoms with Crippen molar-refractivity contribution in [3.05, 3.63) is 70.9 Å². The molecule has 0 fully saturated rings. The third-order valence-electron chi connectivity index (χ3n) is 4.27. The molecule has 1 aromatic heterocycles. The van der Waals surface area contributed by atoms with Gasteiger partial charge in [-0.15, -0.1) is 10.2 Å². The summed E-state index contributed by atoms with van der Waals surface area (Å²) < 4.78 is 16.1. The maximum Gasteiger partial charge on any atom is 0.308 e. The van der Waals surface area contributed by atoms with Gasteiger partial charge < -0.3 is 19.2 Å². The summed E-state index contributed by atoms with van der Waals surface area (Å²) in [6, 6.07) is 13.8. The highest BCUT2D eigenvalue weighted by atomic mass is 16.7. The van der Waals surface area contributed by atoms with Crippen LogP contribution in [0.5, 0.6) is 11.5 Å². The molecular weight excluding hydrogens is 346 g/mol. The summed E-state index contributed by atoms with van der Waals surface area (Å²) in [4.78, 5) is 12.2. The van der Waals surface area contributed by atoms with Crippen LogP contribution in [0.3, 0.4) is 0 Å². The third kappa shape index (κ3) is 4.08. The number of ether oxygens (including phenoxy) is 2. The van der Waals surface area contributed by atoms with Crippen LogP contribution in [0.1, 0.15) is 33.3 Å². The number of carbonyl (C=O) groups is 1. The van der Waals surface area contributed by atoms with Gasteiger partial charge in [-0.1, -0.05) is 35.9 Å². The van der Waals surface area contributed by atoms with Crippen LogP contribution >= 0.6 is 0 Å². The van der Waals surface area contributed by atoms with Crippen LogP contribution in [0.15, 0.2) is 46.9 Å². The van der Waals surface area contributed by atoms with Gasteiger partial charge in [-0.05, 0) is 36.6 Å². The first-order chi connectivity index (χ1) is 13.2. The molecule has 0 radical (unpaired) electrons. The molecule has 2 aromatic carbocycles. The summed E-state index contributed by atoms with van der Waals surface area (Å²) in [7, 11) is 0. The van der Waals surface area contributed by atoms with E-state index in [0.29, 0.717) is 24.6 Å². The van der Waals surface area contributed by atoms with Crippen molar-refractivity contribution >= 4 is 5.91 Å². The van der Waals surface area contributed by atoms with Gasteiger partial charge in [-0.3, -0.25) is 4.79 Å². The summed E-state index contributed by atoms with van der Waals surface area (Å²) in [5, 5.41) is 10.6. The molecule has 1 aliphatic heterocycles. The van der Waals surface area contributed by atoms with E-state index in [-0.39, 0.29) is 18.6 Å². The lowest BCUT2D eigenvalue weighted by molar-refractivity contribution is 0.0918. The quantitative estimate of drug-likeness (QED) is 0.723. The molecule has 0 saturated carbocycles. The van der Waals surface area contributed by atoms with Crippen molar-refractivity contribution in [1.82, 2.24) is 15.5 Å². The van der Waals surface area contributed by atoms with Gasteiger partial charge in [0.25, 0.3) is 0 Å². The number of hydrogen-bond donors (Lipinski definition) is 1. The second-order valence-electron chi connectivity index (χ2n) is 6.36. The Kier molecular flexibility index (Phi) is 4.74. The number of nitrogens with one attached hydrogen (secondary N) is 1. The molecule has 138 valence electrons. The number of benzene rings is 2. The van der Waals surface area contributed by atoms with Crippen LogP contribution < -0.4 is 14.8 Å². The summed E-state index contributed by atoms with van der Waals surface area (Å²) in [5.74, 6) is 1.39. The van der Waals surface area contributed by atoms with Gasteiger partial charge in [-0.2, -0.15) is 0 Å². The van der Waals surface area contributed by atoms with Gasteiger partial charge in [-0.25, -0.2) is 0 Å². The van der Waals surface area contributed by atoms with E-state index < -0.39 is 0 Å². The van der Waals surface area contributed by atoms with Gasteiger partial charge >= 0.3 is 11.8 Å². The van der Waals surface area contributed by atoms with Gasteiger partial charge in [0.2, 0.25) is 12.7 Å². The molecule has 3 aromatic rings. The summed E-state index contributed by atoms with van der Waals surface area (Å²) in [5.41, 5.74) is 3.31. The van der Waals surface area contributed by atoms with Crippen LogP contribution in [0.25, 0.3) is 0 Å². The number of rotatable bonds is 6. The van der Waals surface area contributed by atoms with Crippen molar-refractivity contribution < 1.29 is 18.7 Å². The van der Waals surface area contributed by atoms with E-state index in [9.17, 15) is 4.79 Å². The summed E-state index contributed by atoms with van der Waals surface area (Å²) >= 11 is 0. The molecule has 7 heteroatoms. The fraction of sp³-hybridized carbons (Fsp3) is 0.250. The highest BCUT2D eigenvalue weighted by molar-refractivity contribution is 5.89. The predicted octanol–water partition coefficient (Wildman–Crippen LogP) is 2.67. The Balaban J connectivity index is 1.31. The van der Waals surface area contributed by atoms with E-state index in [2.05, 4.69) is 39.8 Å². The van der Waals surface area contributed by atoms with Crippen LogP contribution in [-0.2, 0) is 12.8 Å². The fourth-order valence-corrected chi connectivity index (χ4v) is 2.79. The van der Waals surface area contributed by atoms with E-state index in [0.717, 1.165) is 23.3 Å². The maximum absolute atomic E-state index is 12.2. The standard InChI is InChI=1S/C20H19N3O4/c1-13-2-4-14(5-3-13)8-9-21-19(24)20-23-22-18(27-20)11-15-6-7-16-17(10-15)26-12-25-16/h2-7,10H,8-9,11-12H2,1H3,(H,21,24). The van der Waals surface area contributed by atoms with Crippen LogP contribution in [0, 0.1) is 6.92 Å². The number of aromatic nitrogens is 2. The first-order valence-corrected chi connectivity index (χ1v) is 8.72. The molecular formula is C20H19N3O4. The Morgan fingerprint density at radius 3 is 2.67 bits per heavy atom. The van der Waals surface area contributed by atoms with Crippen LogP contribution in [-0.4, -0.2) is 29.4 Å². The number of aryl methyl sites for hydroxylation is 1. The third-order valence-corrected chi connectivity index (χ3v) is 4.27. The normalized spacial score (nSPS) is 12.2. The highest BCUT2D eigenvalue weighted by Crippen LogP contribution is 2.32. The van der Waals surface area contributed by atoms with Gasteiger partial charge in [0, 0.05) is 6.54 Å². The van der Waals surface area contributed by atoms with Crippen LogP contribution in [0.2, 0.25) is 0 Å². The Morgan fingerprint density at radius 2 is 1.81 bits per heavy atom. The van der Waals surface area contributed by atoms with E-state index in [1.165, 1.54) is 5.56 Å². The Bertz CT molecular complexity index is 950. The minimum atomic E-state index is -0.369. The molecule has 27 heavy (non-hydrogen) atoms. The largest absolute Gasteiger partial charge is 0.454 e. The highest BCUT2D eigenvalue weighted by Gasteiger charge is 2.17. The van der Waals surface area contributed by atoms with E-state index in [1.54, 1.807) is 0 Å². The first kappa shape index (κ1) is 17.1. The molecule has 0 bridgehead atoms. The van der Waals surface area contributed by atoms with Crippen molar-refractivity contribution in [2.75, 3.05) is 13.3 Å². The molecule has 0 unspecified atom stereocenters. The molecule has 4 rings (SSSR count). The molecule has 0 atom stereocenters. The van der Waals surface area contributed by atoms with Crippen molar-refractivity contribution in [1.29, 1.82) is 0 Å². The second-order valence-corrected chi connectivity index (χ2v) is 6.36. The van der Waals surface area contributed by atoms with E-state index >= 15 is 0 Å². The average Bonchev–Trinajstić information content (AvgIpc) is 3.32. The fourth-order valence-electron chi connectivity index (χ4n) is 2.79. The second kappa shape index (κ2) is 7.49. The Labute approximate surface area is 156 Å². The lowest BCUT2D eigenvalue weighted by atomic mass is 10.1. The number of fused-ring (bicyclic) bond motifs is 1. The molecule has 7 nitrogen and oxygen atoms in total. The SMILES string of the molecule is Cc1ccc(CCNC(=O)c2nnc(Cc3ccc4c(c3)OCO4)o2)cc1. The Hall–Kier alpha value is -3.35. The molecule has 2 heterocycles.